The second-order valence-electron chi connectivity index (χ2n) is 9.10. The number of esters is 1. The van der Waals surface area contributed by atoms with Crippen molar-refractivity contribution in [3.63, 3.8) is 0 Å². The lowest BCUT2D eigenvalue weighted by Crippen LogP contribution is -2.36. The van der Waals surface area contributed by atoms with Gasteiger partial charge in [-0.1, -0.05) is 30.7 Å². The number of nitrogens with one attached hydrogen (secondary N) is 1. The number of benzene rings is 2. The highest BCUT2D eigenvalue weighted by atomic mass is 35.5. The van der Waals surface area contributed by atoms with Crippen LogP contribution in [0.5, 0.6) is 11.5 Å². The number of carbonyl (C=O) groups is 2. The molecule has 0 bridgehead atoms. The SMILES string of the molecule is CCSCCOC(=O)C1=C(C)NC2=C(C(=O)C[C@H](c3ccc(OC)c(OC)c3)C2)[C@H]1c1c(F)cccc1Cl. The van der Waals surface area contributed by atoms with Gasteiger partial charge in [-0.3, -0.25) is 4.79 Å². The summed E-state index contributed by atoms with van der Waals surface area (Å²) < 4.78 is 31.6. The largest absolute Gasteiger partial charge is 0.493 e. The number of allylic oxidation sites excluding steroid dienone is 3. The second-order valence-corrected chi connectivity index (χ2v) is 10.9. The molecule has 0 saturated carbocycles. The molecule has 0 radical (unpaired) electrons. The molecule has 0 aromatic heterocycles. The van der Waals surface area contributed by atoms with E-state index in [1.807, 2.05) is 25.1 Å². The van der Waals surface area contributed by atoms with E-state index in [1.165, 1.54) is 12.1 Å². The lowest BCUT2D eigenvalue weighted by molar-refractivity contribution is -0.138. The molecule has 1 aliphatic heterocycles. The first-order chi connectivity index (χ1) is 18.3. The van der Waals surface area contributed by atoms with Crippen LogP contribution < -0.4 is 14.8 Å². The van der Waals surface area contributed by atoms with Gasteiger partial charge in [0, 0.05) is 39.7 Å². The lowest BCUT2D eigenvalue weighted by atomic mass is 9.71. The maximum atomic E-state index is 15.3. The summed E-state index contributed by atoms with van der Waals surface area (Å²) in [5.74, 6) is 0.274. The number of Topliss-reactive ketones (excluding diaryl/α,β-unsaturated/α-hetero) is 1. The molecule has 1 N–H and O–H groups in total. The van der Waals surface area contributed by atoms with Crippen molar-refractivity contribution in [3.8, 4) is 11.5 Å². The van der Waals surface area contributed by atoms with Crippen molar-refractivity contribution in [2.45, 2.75) is 38.5 Å². The van der Waals surface area contributed by atoms with Crippen LogP contribution in [-0.4, -0.2) is 44.1 Å². The predicted molar refractivity (Wildman–Crippen MR) is 147 cm³/mol. The Hall–Kier alpha value is -2.97. The van der Waals surface area contributed by atoms with E-state index in [-0.39, 0.29) is 40.9 Å². The van der Waals surface area contributed by atoms with Gasteiger partial charge >= 0.3 is 5.97 Å². The van der Waals surface area contributed by atoms with Crippen LogP contribution in [0.1, 0.15) is 49.7 Å². The summed E-state index contributed by atoms with van der Waals surface area (Å²) in [5.41, 5.74) is 2.76. The Morgan fingerprint density at radius 2 is 1.92 bits per heavy atom. The number of halogens is 2. The summed E-state index contributed by atoms with van der Waals surface area (Å²) in [6.45, 7) is 3.99. The molecule has 1 aliphatic carbocycles. The number of hydrogen-bond acceptors (Lipinski definition) is 7. The van der Waals surface area contributed by atoms with Gasteiger partial charge in [0.05, 0.1) is 25.7 Å². The van der Waals surface area contributed by atoms with Gasteiger partial charge in [0.2, 0.25) is 0 Å². The van der Waals surface area contributed by atoms with Gasteiger partial charge in [0.1, 0.15) is 12.4 Å². The van der Waals surface area contributed by atoms with E-state index < -0.39 is 17.7 Å². The van der Waals surface area contributed by atoms with Gasteiger partial charge in [0.15, 0.2) is 17.3 Å². The van der Waals surface area contributed by atoms with Crippen LogP contribution in [0.15, 0.2) is 58.9 Å². The zero-order valence-corrected chi connectivity index (χ0v) is 23.4. The zero-order valence-electron chi connectivity index (χ0n) is 21.9. The van der Waals surface area contributed by atoms with Gasteiger partial charge in [0.25, 0.3) is 0 Å². The number of carbonyl (C=O) groups excluding carboxylic acids is 2. The molecular formula is C29H31ClFNO5S. The highest BCUT2D eigenvalue weighted by Crippen LogP contribution is 2.48. The summed E-state index contributed by atoms with van der Waals surface area (Å²) in [6, 6.07) is 9.96. The Labute approximate surface area is 231 Å². The second kappa shape index (κ2) is 12.3. The summed E-state index contributed by atoms with van der Waals surface area (Å²) in [6.07, 6.45) is 0.680. The van der Waals surface area contributed by atoms with Crippen LogP contribution in [-0.2, 0) is 14.3 Å². The van der Waals surface area contributed by atoms with Gasteiger partial charge in [-0.2, -0.15) is 11.8 Å². The molecule has 2 aromatic carbocycles. The third-order valence-corrected chi connectivity index (χ3v) is 8.07. The zero-order chi connectivity index (χ0) is 27.4. The van der Waals surface area contributed by atoms with E-state index in [9.17, 15) is 9.59 Å². The maximum absolute atomic E-state index is 15.3. The van der Waals surface area contributed by atoms with Gasteiger partial charge in [-0.25, -0.2) is 9.18 Å². The van der Waals surface area contributed by atoms with Crippen molar-refractivity contribution in [2.24, 2.45) is 0 Å². The van der Waals surface area contributed by atoms with E-state index in [2.05, 4.69) is 5.32 Å². The molecule has 0 spiro atoms. The standard InChI is InChI=1S/C29H31ClFNO5S/c1-5-38-12-11-37-29(34)25-16(2)32-21-13-18(17-9-10-23(35-3)24(15-17)36-4)14-22(33)27(21)28(25)26-19(30)7-6-8-20(26)31/h6-10,15,18,28,32H,5,11-14H2,1-4H3/t18-,28-/m1/s1. The maximum Gasteiger partial charge on any atom is 0.336 e. The molecule has 1 heterocycles. The van der Waals surface area contributed by atoms with Crippen LogP contribution in [0.4, 0.5) is 4.39 Å². The summed E-state index contributed by atoms with van der Waals surface area (Å²) in [5, 5.41) is 3.43. The lowest BCUT2D eigenvalue weighted by Gasteiger charge is -2.37. The van der Waals surface area contributed by atoms with Crippen molar-refractivity contribution in [1.29, 1.82) is 0 Å². The first kappa shape index (κ1) is 28.0. The minimum Gasteiger partial charge on any atom is -0.493 e. The summed E-state index contributed by atoms with van der Waals surface area (Å²) in [4.78, 5) is 27.1. The Morgan fingerprint density at radius 3 is 2.61 bits per heavy atom. The van der Waals surface area contributed by atoms with Crippen LogP contribution in [0, 0.1) is 5.82 Å². The van der Waals surface area contributed by atoms with E-state index in [0.29, 0.717) is 40.6 Å². The Balaban J connectivity index is 1.75. The molecule has 38 heavy (non-hydrogen) atoms. The topological polar surface area (TPSA) is 73.9 Å². The number of thioether (sulfide) groups is 1. The van der Waals surface area contributed by atoms with Crippen molar-refractivity contribution in [2.75, 3.05) is 32.3 Å². The van der Waals surface area contributed by atoms with Crippen molar-refractivity contribution >= 4 is 35.1 Å². The first-order valence-electron chi connectivity index (χ1n) is 12.4. The highest BCUT2D eigenvalue weighted by molar-refractivity contribution is 7.99. The Kier molecular flexibility index (Phi) is 9.05. The normalized spacial score (nSPS) is 19.2. The molecule has 2 aromatic rings. The molecule has 0 amide bonds. The van der Waals surface area contributed by atoms with E-state index in [0.717, 1.165) is 11.3 Å². The fraction of sp³-hybridized carbons (Fsp3) is 0.379. The van der Waals surface area contributed by atoms with Crippen molar-refractivity contribution < 1.29 is 28.2 Å². The van der Waals surface area contributed by atoms with Gasteiger partial charge < -0.3 is 19.5 Å². The third kappa shape index (κ3) is 5.57. The molecule has 9 heteroatoms. The fourth-order valence-electron chi connectivity index (χ4n) is 5.14. The minimum absolute atomic E-state index is 0.107. The highest BCUT2D eigenvalue weighted by Gasteiger charge is 2.43. The van der Waals surface area contributed by atoms with E-state index in [4.69, 9.17) is 25.8 Å². The molecule has 2 aliphatic rings. The monoisotopic (exact) mass is 559 g/mol. The smallest absolute Gasteiger partial charge is 0.336 e. The first-order valence-corrected chi connectivity index (χ1v) is 14.0. The van der Waals surface area contributed by atoms with Gasteiger partial charge in [-0.15, -0.1) is 0 Å². The molecule has 0 saturated heterocycles. The number of methoxy groups -OCH3 is 2. The average Bonchev–Trinajstić information content (AvgIpc) is 2.90. The minimum atomic E-state index is -0.967. The molecule has 4 rings (SSSR count). The van der Waals surface area contributed by atoms with Crippen molar-refractivity contribution in [1.82, 2.24) is 5.32 Å². The Bertz CT molecular complexity index is 1290. The Morgan fingerprint density at radius 1 is 1.16 bits per heavy atom. The number of hydrogen-bond donors (Lipinski definition) is 1. The van der Waals surface area contributed by atoms with Gasteiger partial charge in [-0.05, 0) is 54.8 Å². The van der Waals surface area contributed by atoms with Crippen LogP contribution in [0.25, 0.3) is 0 Å². The van der Waals surface area contributed by atoms with Crippen LogP contribution >= 0.6 is 23.4 Å². The molecule has 0 fully saturated rings. The number of ketones is 1. The quantitative estimate of drug-likeness (QED) is 0.291. The summed E-state index contributed by atoms with van der Waals surface area (Å²) >= 11 is 8.14. The summed E-state index contributed by atoms with van der Waals surface area (Å²) in [7, 11) is 3.13. The number of ether oxygens (including phenoxy) is 3. The predicted octanol–water partition coefficient (Wildman–Crippen LogP) is 6.15. The van der Waals surface area contributed by atoms with Crippen molar-refractivity contribution in [3.05, 3.63) is 80.9 Å². The van der Waals surface area contributed by atoms with Crippen LogP contribution in [0.3, 0.4) is 0 Å². The fourth-order valence-corrected chi connectivity index (χ4v) is 5.90. The molecule has 202 valence electrons. The van der Waals surface area contributed by atoms with E-state index >= 15 is 4.39 Å². The molecular weight excluding hydrogens is 529 g/mol. The molecule has 6 nitrogen and oxygen atoms in total. The third-order valence-electron chi connectivity index (χ3n) is 6.88. The number of rotatable bonds is 9. The molecule has 0 unspecified atom stereocenters. The van der Waals surface area contributed by atoms with Crippen LogP contribution in [0.2, 0.25) is 5.02 Å². The average molecular weight is 560 g/mol. The molecule has 2 atom stereocenters. The van der Waals surface area contributed by atoms with E-state index in [1.54, 1.807) is 39.0 Å². The number of dihydropyridines is 1.